The van der Waals surface area contributed by atoms with Crippen LogP contribution in [0.25, 0.3) is 11.1 Å². The molecule has 0 aromatic heterocycles. The van der Waals surface area contributed by atoms with Crippen LogP contribution in [0, 0.1) is 23.7 Å². The third kappa shape index (κ3) is 7.14. The van der Waals surface area contributed by atoms with Crippen LogP contribution in [0.1, 0.15) is 98.1 Å². The monoisotopic (exact) mass is 762 g/mol. The molecule has 0 saturated heterocycles. The van der Waals surface area contributed by atoms with Gasteiger partial charge in [0.15, 0.2) is 17.6 Å². The molecule has 5 N–H and O–H groups in total. The third-order valence-electron chi connectivity index (χ3n) is 11.2. The van der Waals surface area contributed by atoms with Gasteiger partial charge < -0.3 is 44.5 Å². The van der Waals surface area contributed by atoms with Crippen molar-refractivity contribution in [1.82, 2.24) is 0 Å². The molecule has 0 radical (unpaired) electrons. The highest BCUT2D eigenvalue weighted by atomic mass is 33.1. The Morgan fingerprint density at radius 1 is 0.981 bits per heavy atom. The molecule has 0 saturated carbocycles. The van der Waals surface area contributed by atoms with Crippen LogP contribution >= 0.6 is 21.6 Å². The molecule has 3 aromatic carbocycles. The van der Waals surface area contributed by atoms with Gasteiger partial charge in [0.2, 0.25) is 5.75 Å². The van der Waals surface area contributed by atoms with E-state index in [1.807, 2.05) is 18.2 Å². The topological polar surface area (TPSA) is 138 Å². The number of fused-ring (bicyclic) bond motifs is 7. The number of aliphatic hydroxyl groups is 3. The summed E-state index contributed by atoms with van der Waals surface area (Å²) in [6.07, 6.45) is 1.82. The molecule has 7 atom stereocenters. The van der Waals surface area contributed by atoms with Gasteiger partial charge in [0, 0.05) is 52.3 Å². The van der Waals surface area contributed by atoms with Crippen molar-refractivity contribution in [3.8, 4) is 57.5 Å². The van der Waals surface area contributed by atoms with Gasteiger partial charge in [-0.3, -0.25) is 0 Å². The van der Waals surface area contributed by atoms with Crippen molar-refractivity contribution in [3.05, 3.63) is 58.1 Å². The van der Waals surface area contributed by atoms with Gasteiger partial charge in [0.25, 0.3) is 0 Å². The van der Waals surface area contributed by atoms with E-state index in [2.05, 4.69) is 32.6 Å². The minimum absolute atomic E-state index is 0.0375. The number of ether oxygens (including phenoxy) is 4. The minimum Gasteiger partial charge on any atom is -0.508 e. The SMILES string of the molecule is COc1c(O)c(OCCC(C)C)cc2c1CC#C[C@H]1SSCC[C@@H](C)CC[C@@H]3c4cc(O)ccc4-c4c(OCCO)cc5c(c4[C@@H]3CO)[C@H]1[C@@H](O)[C@H]2O5. The Morgan fingerprint density at radius 2 is 1.79 bits per heavy atom. The van der Waals surface area contributed by atoms with Gasteiger partial charge in [-0.25, -0.2) is 0 Å². The number of phenolic OH excluding ortho intramolecular Hbond substituents is 2. The smallest absolute Gasteiger partial charge is 0.201 e. The van der Waals surface area contributed by atoms with E-state index >= 15 is 0 Å². The molecule has 4 bridgehead atoms. The lowest BCUT2D eigenvalue weighted by Gasteiger charge is -2.44. The second-order valence-corrected chi connectivity index (χ2v) is 17.7. The van der Waals surface area contributed by atoms with Crippen molar-refractivity contribution < 1.29 is 44.5 Å². The van der Waals surface area contributed by atoms with Gasteiger partial charge in [0.1, 0.15) is 30.0 Å². The van der Waals surface area contributed by atoms with E-state index in [1.165, 1.54) is 7.11 Å². The zero-order valence-corrected chi connectivity index (χ0v) is 32.4. The Hall–Kier alpha value is -3.40. The van der Waals surface area contributed by atoms with Crippen LogP contribution in [0.4, 0.5) is 0 Å². The highest BCUT2D eigenvalue weighted by Gasteiger charge is 2.49. The molecule has 11 heteroatoms. The van der Waals surface area contributed by atoms with Gasteiger partial charge in [-0.05, 0) is 71.9 Å². The summed E-state index contributed by atoms with van der Waals surface area (Å²) in [6, 6.07) is 9.00. The number of hydrogen-bond acceptors (Lipinski definition) is 11. The highest BCUT2D eigenvalue weighted by Crippen LogP contribution is 2.61. The Bertz CT molecular complexity index is 1880. The fourth-order valence-corrected chi connectivity index (χ4v) is 11.3. The molecule has 2 heterocycles. The van der Waals surface area contributed by atoms with Crippen LogP contribution in [0.2, 0.25) is 0 Å². The lowest BCUT2D eigenvalue weighted by atomic mass is 9.65. The number of rotatable bonds is 9. The van der Waals surface area contributed by atoms with Crippen LogP contribution in [0.15, 0.2) is 30.3 Å². The molecule has 0 spiro atoms. The van der Waals surface area contributed by atoms with Gasteiger partial charge in [-0.1, -0.05) is 66.7 Å². The number of hydrogen-bond donors (Lipinski definition) is 5. The Labute approximate surface area is 319 Å². The van der Waals surface area contributed by atoms with Crippen LogP contribution < -0.4 is 18.9 Å². The van der Waals surface area contributed by atoms with Crippen LogP contribution in [-0.4, -0.2) is 76.2 Å². The van der Waals surface area contributed by atoms with E-state index in [9.17, 15) is 25.5 Å². The first-order valence-electron chi connectivity index (χ1n) is 18.7. The van der Waals surface area contributed by atoms with E-state index in [4.69, 9.17) is 18.9 Å². The van der Waals surface area contributed by atoms with Crippen molar-refractivity contribution in [2.24, 2.45) is 11.8 Å². The van der Waals surface area contributed by atoms with E-state index in [0.29, 0.717) is 41.1 Å². The molecule has 2 aliphatic heterocycles. The van der Waals surface area contributed by atoms with E-state index in [0.717, 1.165) is 59.3 Å². The van der Waals surface area contributed by atoms with Crippen LogP contribution in [0.5, 0.6) is 34.5 Å². The normalized spacial score (nSPS) is 25.8. The van der Waals surface area contributed by atoms with E-state index in [1.54, 1.807) is 33.7 Å². The first kappa shape index (κ1) is 37.9. The summed E-state index contributed by atoms with van der Waals surface area (Å²) >= 11 is 0. The zero-order chi connectivity index (χ0) is 37.4. The number of aromatic hydroxyl groups is 2. The molecular weight excluding hydrogens is 713 g/mol. The van der Waals surface area contributed by atoms with Gasteiger partial charge in [0.05, 0.1) is 32.2 Å². The number of phenols is 2. The van der Waals surface area contributed by atoms with Crippen LogP contribution in [0.3, 0.4) is 0 Å². The van der Waals surface area contributed by atoms with Crippen molar-refractivity contribution in [3.63, 3.8) is 0 Å². The molecule has 0 amide bonds. The second kappa shape index (κ2) is 16.1. The van der Waals surface area contributed by atoms with Crippen molar-refractivity contribution in [1.29, 1.82) is 0 Å². The van der Waals surface area contributed by atoms with Gasteiger partial charge >= 0.3 is 0 Å². The fraction of sp³-hybridized carbons (Fsp3) is 0.524. The fourth-order valence-electron chi connectivity index (χ4n) is 8.51. The molecule has 53 heavy (non-hydrogen) atoms. The maximum atomic E-state index is 12.8. The third-order valence-corrected chi connectivity index (χ3v) is 13.9. The van der Waals surface area contributed by atoms with Crippen LogP contribution in [-0.2, 0) is 6.42 Å². The lowest BCUT2D eigenvalue weighted by molar-refractivity contribution is 0.000552. The molecule has 284 valence electrons. The maximum Gasteiger partial charge on any atom is 0.201 e. The predicted octanol–water partition coefficient (Wildman–Crippen LogP) is 7.45. The molecule has 2 aliphatic carbocycles. The largest absolute Gasteiger partial charge is 0.508 e. The molecular formula is C42H50O9S2. The lowest BCUT2D eigenvalue weighted by Crippen LogP contribution is -2.40. The number of methoxy groups -OCH3 is 1. The Morgan fingerprint density at radius 3 is 2.55 bits per heavy atom. The first-order valence-corrected chi connectivity index (χ1v) is 21.1. The number of benzene rings is 3. The van der Waals surface area contributed by atoms with Crippen molar-refractivity contribution in [2.75, 3.05) is 39.3 Å². The Kier molecular flexibility index (Phi) is 11.5. The van der Waals surface area contributed by atoms with Gasteiger partial charge in [-0.15, -0.1) is 0 Å². The van der Waals surface area contributed by atoms with Crippen molar-refractivity contribution >= 4 is 21.6 Å². The average molecular weight is 763 g/mol. The number of aliphatic hydroxyl groups excluding tert-OH is 3. The maximum absolute atomic E-state index is 12.8. The molecule has 3 aromatic rings. The van der Waals surface area contributed by atoms with Crippen molar-refractivity contribution in [2.45, 2.75) is 88.1 Å². The molecule has 0 fully saturated rings. The summed E-state index contributed by atoms with van der Waals surface area (Å²) in [5.41, 5.74) is 5.51. The quantitative estimate of drug-likeness (QED) is 0.110. The Balaban J connectivity index is 1.50. The molecule has 9 nitrogen and oxygen atoms in total. The standard InChI is InChI=1S/C42H50O9S2/c1-22(2)12-15-49-33-19-29-27(41(48-4)39(33)46)6-5-7-34-38-37-32(51-42(29)40(38)47)20-31(50-16-14-43)35-26-11-9-24(45)18-28(26)25(30(21-44)36(35)37)10-8-23(3)13-17-52-53-34/h9,11,18-20,22-23,25,30,34,38,40,42-47H,6,8,10,12-17,21H2,1-4H3/t23-,25+,30+,34+,38-,40+,42-/m0/s1. The van der Waals surface area contributed by atoms with Gasteiger partial charge in [-0.2, -0.15) is 0 Å². The summed E-state index contributed by atoms with van der Waals surface area (Å²) < 4.78 is 25.2. The zero-order valence-electron chi connectivity index (χ0n) is 30.8. The minimum atomic E-state index is -1.08. The molecule has 0 unspecified atom stereocenters. The van der Waals surface area contributed by atoms with E-state index < -0.39 is 24.0 Å². The summed E-state index contributed by atoms with van der Waals surface area (Å²) in [5.74, 6) is 9.17. The predicted molar refractivity (Wildman–Crippen MR) is 209 cm³/mol. The first-order chi connectivity index (χ1) is 25.7. The average Bonchev–Trinajstić information content (AvgIpc) is 3.16. The summed E-state index contributed by atoms with van der Waals surface area (Å²) in [6.45, 7) is 6.54. The summed E-state index contributed by atoms with van der Waals surface area (Å²) in [4.78, 5) is 0. The summed E-state index contributed by atoms with van der Waals surface area (Å²) in [5, 5.41) is 55.8. The summed E-state index contributed by atoms with van der Waals surface area (Å²) in [7, 11) is 4.94. The molecule has 4 aliphatic rings. The molecule has 7 rings (SSSR count). The van der Waals surface area contributed by atoms with E-state index in [-0.39, 0.29) is 60.4 Å². The second-order valence-electron chi connectivity index (χ2n) is 15.0. The highest BCUT2D eigenvalue weighted by molar-refractivity contribution is 8.77.